The highest BCUT2D eigenvalue weighted by Crippen LogP contribution is 2.34. The van der Waals surface area contributed by atoms with Gasteiger partial charge in [-0.15, -0.1) is 0 Å². The van der Waals surface area contributed by atoms with E-state index < -0.39 is 11.0 Å². The number of anilines is 2. The molecule has 0 bridgehead atoms. The van der Waals surface area contributed by atoms with E-state index in [0.29, 0.717) is 26.2 Å². The van der Waals surface area contributed by atoms with Crippen molar-refractivity contribution >= 4 is 23.4 Å². The summed E-state index contributed by atoms with van der Waals surface area (Å²) in [4.78, 5) is 36.2. The second-order valence-electron chi connectivity index (χ2n) is 6.10. The molecule has 1 fully saturated rings. The molecule has 1 aliphatic heterocycles. The fourth-order valence-corrected chi connectivity index (χ4v) is 3.00. The summed E-state index contributed by atoms with van der Waals surface area (Å²) in [6.07, 6.45) is 1.10. The highest BCUT2D eigenvalue weighted by atomic mass is 16.6. The molecule has 1 saturated heterocycles. The van der Waals surface area contributed by atoms with Crippen LogP contribution in [0.5, 0.6) is 0 Å². The Morgan fingerprint density at radius 3 is 2.38 bits per heavy atom. The number of nitriles is 2. The van der Waals surface area contributed by atoms with Gasteiger partial charge in [0.05, 0.1) is 36.5 Å². The fraction of sp³-hybridized carbons (Fsp3) is 0.588. The number of hydrogen-bond acceptors (Lipinski definition) is 10. The quantitative estimate of drug-likeness (QED) is 0.459. The maximum Gasteiger partial charge on any atom is 0.409 e. The van der Waals surface area contributed by atoms with E-state index >= 15 is 0 Å². The molecule has 12 heteroatoms. The lowest BCUT2D eigenvalue weighted by Gasteiger charge is -2.34. The summed E-state index contributed by atoms with van der Waals surface area (Å²) in [5, 5.41) is 29.6. The summed E-state index contributed by atoms with van der Waals surface area (Å²) in [6.45, 7) is 3.84. The van der Waals surface area contributed by atoms with Gasteiger partial charge < -0.3 is 19.4 Å². The number of hydrogen-bond donors (Lipinski definition) is 0. The zero-order valence-corrected chi connectivity index (χ0v) is 16.2. The van der Waals surface area contributed by atoms with Crippen molar-refractivity contribution in [3.63, 3.8) is 0 Å². The van der Waals surface area contributed by atoms with Gasteiger partial charge in [-0.2, -0.15) is 10.5 Å². The van der Waals surface area contributed by atoms with Crippen LogP contribution in [0.1, 0.15) is 19.8 Å². The van der Waals surface area contributed by atoms with Gasteiger partial charge in [-0.25, -0.2) is 14.8 Å². The molecule has 1 aromatic rings. The lowest BCUT2D eigenvalue weighted by Crippen LogP contribution is -2.49. The predicted octanol–water partition coefficient (Wildman–Crippen LogP) is 1.30. The molecule has 1 aromatic heterocycles. The Bertz CT molecular complexity index is 793. The van der Waals surface area contributed by atoms with Crippen LogP contribution in [0.4, 0.5) is 22.1 Å². The van der Waals surface area contributed by atoms with Gasteiger partial charge in [0.2, 0.25) is 11.6 Å². The number of aromatic nitrogens is 2. The molecule has 12 nitrogen and oxygen atoms in total. The molecular weight excluding hydrogens is 380 g/mol. The summed E-state index contributed by atoms with van der Waals surface area (Å²) in [5.41, 5.74) is -0.270. The lowest BCUT2D eigenvalue weighted by atomic mass is 10.2. The zero-order chi connectivity index (χ0) is 21.2. The number of amides is 1. The van der Waals surface area contributed by atoms with Crippen molar-refractivity contribution in [3.8, 4) is 12.1 Å². The van der Waals surface area contributed by atoms with Gasteiger partial charge in [0.25, 0.3) is 0 Å². The summed E-state index contributed by atoms with van der Waals surface area (Å²) < 4.78 is 4.99. The van der Waals surface area contributed by atoms with E-state index in [9.17, 15) is 14.9 Å². The number of carbonyl (C=O) groups is 1. The van der Waals surface area contributed by atoms with Crippen molar-refractivity contribution in [3.05, 3.63) is 16.4 Å². The van der Waals surface area contributed by atoms with E-state index in [1.807, 2.05) is 12.1 Å². The highest BCUT2D eigenvalue weighted by Gasteiger charge is 2.32. The van der Waals surface area contributed by atoms with Crippen LogP contribution in [0.25, 0.3) is 0 Å². The second kappa shape index (κ2) is 10.6. The van der Waals surface area contributed by atoms with Crippen LogP contribution in [0.2, 0.25) is 0 Å². The smallest absolute Gasteiger partial charge is 0.409 e. The van der Waals surface area contributed by atoms with E-state index in [-0.39, 0.29) is 49.9 Å². The maximum absolute atomic E-state index is 11.9. The van der Waals surface area contributed by atoms with Crippen LogP contribution >= 0.6 is 0 Å². The highest BCUT2D eigenvalue weighted by molar-refractivity contribution is 5.72. The monoisotopic (exact) mass is 402 g/mol. The minimum absolute atomic E-state index is 0.0818. The largest absolute Gasteiger partial charge is 0.450 e. The molecular formula is C17H22N8O4. The molecule has 0 atom stereocenters. The minimum atomic E-state index is -0.547. The molecule has 29 heavy (non-hydrogen) atoms. The van der Waals surface area contributed by atoms with Crippen molar-refractivity contribution in [1.29, 1.82) is 10.5 Å². The van der Waals surface area contributed by atoms with Gasteiger partial charge in [-0.3, -0.25) is 10.1 Å². The Kier molecular flexibility index (Phi) is 7.91. The van der Waals surface area contributed by atoms with Crippen molar-refractivity contribution < 1.29 is 14.5 Å². The van der Waals surface area contributed by atoms with Crippen molar-refractivity contribution in [2.75, 3.05) is 55.7 Å². The summed E-state index contributed by atoms with van der Waals surface area (Å²) in [7, 11) is 0. The van der Waals surface area contributed by atoms with Crippen LogP contribution < -0.4 is 9.80 Å². The number of nitro groups is 1. The summed E-state index contributed by atoms with van der Waals surface area (Å²) in [5.74, 6) is 0.237. The Morgan fingerprint density at radius 1 is 1.24 bits per heavy atom. The van der Waals surface area contributed by atoms with Gasteiger partial charge in [0, 0.05) is 39.3 Å². The predicted molar refractivity (Wildman–Crippen MR) is 102 cm³/mol. The third-order valence-electron chi connectivity index (χ3n) is 4.36. The van der Waals surface area contributed by atoms with E-state index in [1.54, 1.807) is 21.6 Å². The van der Waals surface area contributed by atoms with Crippen molar-refractivity contribution in [2.45, 2.75) is 19.8 Å². The molecule has 2 heterocycles. The number of ether oxygens (including phenoxy) is 1. The minimum Gasteiger partial charge on any atom is -0.450 e. The average molecular weight is 402 g/mol. The molecule has 1 aliphatic rings. The molecule has 0 radical (unpaired) electrons. The molecule has 0 saturated carbocycles. The van der Waals surface area contributed by atoms with Gasteiger partial charge in [-0.05, 0) is 6.92 Å². The zero-order valence-electron chi connectivity index (χ0n) is 16.2. The Balaban J connectivity index is 2.28. The molecule has 0 spiro atoms. The Morgan fingerprint density at radius 2 is 1.86 bits per heavy atom. The Hall–Kier alpha value is -3.67. The van der Waals surface area contributed by atoms with Crippen molar-refractivity contribution in [2.24, 2.45) is 0 Å². The SMILES string of the molecule is CCOC(=O)N1CCN(c2ncnc(N(CCC#N)CCC#N)c2[N+](=O)[O-])CC1. The van der Waals surface area contributed by atoms with Crippen LogP contribution in [-0.2, 0) is 4.74 Å². The average Bonchev–Trinajstić information content (AvgIpc) is 2.73. The maximum atomic E-state index is 11.9. The van der Waals surface area contributed by atoms with Crippen LogP contribution in [-0.4, -0.2) is 71.8 Å². The summed E-state index contributed by atoms with van der Waals surface area (Å²) in [6, 6.07) is 4.00. The number of carbonyl (C=O) groups excluding carboxylic acids is 1. The first-order valence-electron chi connectivity index (χ1n) is 9.18. The first kappa shape index (κ1) is 21.6. The third-order valence-corrected chi connectivity index (χ3v) is 4.36. The van der Waals surface area contributed by atoms with E-state index in [0.717, 1.165) is 0 Å². The van der Waals surface area contributed by atoms with Crippen LogP contribution in [0, 0.1) is 32.8 Å². The number of piperazine rings is 1. The normalized spacial score (nSPS) is 13.3. The van der Waals surface area contributed by atoms with Crippen molar-refractivity contribution in [1.82, 2.24) is 14.9 Å². The van der Waals surface area contributed by atoms with Crippen LogP contribution in [0.3, 0.4) is 0 Å². The molecule has 2 rings (SSSR count). The number of nitrogens with zero attached hydrogens (tertiary/aromatic N) is 8. The molecule has 1 amide bonds. The molecule has 0 aliphatic carbocycles. The van der Waals surface area contributed by atoms with E-state index in [1.165, 1.54) is 6.33 Å². The van der Waals surface area contributed by atoms with Gasteiger partial charge in [-0.1, -0.05) is 0 Å². The summed E-state index contributed by atoms with van der Waals surface area (Å²) >= 11 is 0. The standard InChI is InChI=1S/C17H22N8O4/c1-2-29-17(26)24-11-9-23(10-12-24)16-14(25(27)28)15(20-13-21-16)22(7-3-5-18)8-4-6-19/h13H,2-4,7-12H2,1H3. The van der Waals surface area contributed by atoms with Crippen LogP contribution in [0.15, 0.2) is 6.33 Å². The fourth-order valence-electron chi connectivity index (χ4n) is 3.00. The first-order chi connectivity index (χ1) is 14.0. The Labute approximate surface area is 168 Å². The third kappa shape index (κ3) is 5.42. The molecule has 0 aromatic carbocycles. The van der Waals surface area contributed by atoms with E-state index in [2.05, 4.69) is 9.97 Å². The lowest BCUT2D eigenvalue weighted by molar-refractivity contribution is -0.383. The van der Waals surface area contributed by atoms with E-state index in [4.69, 9.17) is 15.3 Å². The second-order valence-corrected chi connectivity index (χ2v) is 6.10. The molecule has 0 N–H and O–H groups in total. The topological polar surface area (TPSA) is 153 Å². The molecule has 0 unspecified atom stereocenters. The van der Waals surface area contributed by atoms with Gasteiger partial charge in [0.1, 0.15) is 6.33 Å². The first-order valence-corrected chi connectivity index (χ1v) is 9.18. The van der Waals surface area contributed by atoms with Gasteiger partial charge >= 0.3 is 11.8 Å². The number of rotatable bonds is 8. The molecule has 154 valence electrons. The van der Waals surface area contributed by atoms with Gasteiger partial charge in [0.15, 0.2) is 0 Å².